The van der Waals surface area contributed by atoms with Gasteiger partial charge in [-0.15, -0.1) is 0 Å². The van der Waals surface area contributed by atoms with Gasteiger partial charge in [0.15, 0.2) is 0 Å². The van der Waals surface area contributed by atoms with Crippen molar-refractivity contribution in [3.8, 4) is 5.75 Å². The van der Waals surface area contributed by atoms with Gasteiger partial charge in [0.2, 0.25) is 5.91 Å². The summed E-state index contributed by atoms with van der Waals surface area (Å²) in [5.41, 5.74) is 1.02. The van der Waals surface area contributed by atoms with Crippen molar-refractivity contribution in [3.63, 3.8) is 0 Å². The molecule has 126 valence electrons. The molecule has 0 aliphatic heterocycles. The molecule has 4 N–H and O–H groups in total. The first-order valence-corrected chi connectivity index (χ1v) is 7.32. The summed E-state index contributed by atoms with van der Waals surface area (Å²) >= 11 is 0. The van der Waals surface area contributed by atoms with Crippen molar-refractivity contribution in [2.45, 2.75) is 13.8 Å². The van der Waals surface area contributed by atoms with Crippen LogP contribution in [0.1, 0.15) is 13.8 Å². The zero-order valence-electron chi connectivity index (χ0n) is 13.3. The highest BCUT2D eigenvalue weighted by atomic mass is 19.1. The van der Waals surface area contributed by atoms with E-state index in [2.05, 4.69) is 16.0 Å². The van der Waals surface area contributed by atoms with Gasteiger partial charge < -0.3 is 21.1 Å². The fourth-order valence-electron chi connectivity index (χ4n) is 1.82. The van der Waals surface area contributed by atoms with Crippen LogP contribution in [0.25, 0.3) is 0 Å². The van der Waals surface area contributed by atoms with Crippen LogP contribution in [0.3, 0.4) is 0 Å². The Morgan fingerprint density at radius 2 is 1.58 bits per heavy atom. The molecule has 0 radical (unpaired) electrons. The van der Waals surface area contributed by atoms with Crippen molar-refractivity contribution < 1.29 is 19.1 Å². The highest BCUT2D eigenvalue weighted by Gasteiger charge is 2.11. The second kappa shape index (κ2) is 7.45. The lowest BCUT2D eigenvalue weighted by Gasteiger charge is -2.12. The number of carbonyl (C=O) groups excluding carboxylic acids is 2. The number of nitrogens with one attached hydrogen (secondary N) is 3. The molecule has 6 nitrogen and oxygen atoms in total. The molecule has 0 heterocycles. The lowest BCUT2D eigenvalue weighted by molar-refractivity contribution is -0.118. The van der Waals surface area contributed by atoms with Crippen LogP contribution < -0.4 is 16.0 Å². The average molecular weight is 331 g/mol. The van der Waals surface area contributed by atoms with Crippen LogP contribution in [-0.4, -0.2) is 17.0 Å². The van der Waals surface area contributed by atoms with Gasteiger partial charge in [-0.2, -0.15) is 0 Å². The van der Waals surface area contributed by atoms with Crippen LogP contribution in [0.2, 0.25) is 0 Å². The molecule has 0 aromatic heterocycles. The minimum atomic E-state index is -0.587. The predicted molar refractivity (Wildman–Crippen MR) is 90.6 cm³/mol. The summed E-state index contributed by atoms with van der Waals surface area (Å²) in [5, 5.41) is 17.6. The van der Waals surface area contributed by atoms with Crippen LogP contribution >= 0.6 is 0 Å². The van der Waals surface area contributed by atoms with E-state index >= 15 is 0 Å². The Morgan fingerprint density at radius 3 is 2.17 bits per heavy atom. The number of amides is 3. The monoisotopic (exact) mass is 331 g/mol. The molecule has 2 rings (SSSR count). The van der Waals surface area contributed by atoms with Crippen molar-refractivity contribution in [3.05, 3.63) is 48.3 Å². The van der Waals surface area contributed by atoms with Gasteiger partial charge in [0.25, 0.3) is 0 Å². The maximum atomic E-state index is 12.8. The molecule has 24 heavy (non-hydrogen) atoms. The number of halogens is 1. The van der Waals surface area contributed by atoms with Crippen LogP contribution in [0, 0.1) is 11.7 Å². The number of carbonyl (C=O) groups is 2. The molecule has 0 unspecified atom stereocenters. The van der Waals surface area contributed by atoms with Crippen LogP contribution in [-0.2, 0) is 4.79 Å². The first-order chi connectivity index (χ1) is 11.3. The van der Waals surface area contributed by atoms with Crippen LogP contribution in [0.4, 0.5) is 26.2 Å². The van der Waals surface area contributed by atoms with E-state index in [9.17, 15) is 19.1 Å². The molecule has 0 bridgehead atoms. The van der Waals surface area contributed by atoms with Crippen molar-refractivity contribution in [2.75, 3.05) is 16.0 Å². The lowest BCUT2D eigenvalue weighted by Crippen LogP contribution is -2.20. The highest BCUT2D eigenvalue weighted by molar-refractivity contribution is 6.01. The number of phenols is 1. The van der Waals surface area contributed by atoms with Gasteiger partial charge in [-0.25, -0.2) is 9.18 Å². The second-order valence-corrected chi connectivity index (χ2v) is 5.46. The number of rotatable bonds is 4. The van der Waals surface area contributed by atoms with E-state index in [1.165, 1.54) is 36.4 Å². The molecule has 0 saturated carbocycles. The fraction of sp³-hybridized carbons (Fsp3) is 0.176. The molecular weight excluding hydrogens is 313 g/mol. The smallest absolute Gasteiger partial charge is 0.323 e. The Kier molecular flexibility index (Phi) is 5.36. The lowest BCUT2D eigenvalue weighted by atomic mass is 10.2. The van der Waals surface area contributed by atoms with E-state index in [-0.39, 0.29) is 23.3 Å². The quantitative estimate of drug-likeness (QED) is 0.643. The number of hydrogen-bond acceptors (Lipinski definition) is 3. The van der Waals surface area contributed by atoms with E-state index in [1.54, 1.807) is 19.9 Å². The summed E-state index contributed by atoms with van der Waals surface area (Å²) in [4.78, 5) is 23.5. The van der Waals surface area contributed by atoms with E-state index in [1.807, 2.05) is 0 Å². The maximum absolute atomic E-state index is 12.8. The second-order valence-electron chi connectivity index (χ2n) is 5.46. The predicted octanol–water partition coefficient (Wildman–Crippen LogP) is 3.77. The van der Waals surface area contributed by atoms with Gasteiger partial charge in [0.1, 0.15) is 11.6 Å². The normalized spacial score (nSPS) is 10.3. The first-order valence-electron chi connectivity index (χ1n) is 7.32. The Balaban J connectivity index is 2.00. The van der Waals surface area contributed by atoms with Crippen LogP contribution in [0.5, 0.6) is 5.75 Å². The number of urea groups is 1. The summed E-state index contributed by atoms with van der Waals surface area (Å²) in [6, 6.07) is 9.06. The fourth-order valence-corrected chi connectivity index (χ4v) is 1.82. The molecular formula is C17H18FN3O3. The minimum absolute atomic E-state index is 0.177. The van der Waals surface area contributed by atoms with E-state index in [4.69, 9.17) is 0 Å². The Hall–Kier alpha value is -3.09. The summed E-state index contributed by atoms with van der Waals surface area (Å²) in [5.74, 6) is -0.959. The molecule has 7 heteroatoms. The SMILES string of the molecule is CC(C)C(=O)Nc1ccc(NC(=O)Nc2ccc(F)cc2)c(O)c1. The molecule has 0 fully saturated rings. The average Bonchev–Trinajstić information content (AvgIpc) is 2.52. The van der Waals surface area contributed by atoms with Gasteiger partial charge in [0, 0.05) is 23.4 Å². The Labute approximate surface area is 138 Å². The number of aromatic hydroxyl groups is 1. The molecule has 0 atom stereocenters. The summed E-state index contributed by atoms with van der Waals surface area (Å²) in [6.45, 7) is 3.51. The molecule has 3 amide bonds. The zero-order valence-corrected chi connectivity index (χ0v) is 13.3. The Bertz CT molecular complexity index is 745. The Morgan fingerprint density at radius 1 is 0.958 bits per heavy atom. The molecule has 0 spiro atoms. The van der Waals surface area contributed by atoms with E-state index < -0.39 is 11.8 Å². The summed E-state index contributed by atoms with van der Waals surface area (Å²) < 4.78 is 12.8. The van der Waals surface area contributed by atoms with Gasteiger partial charge in [-0.05, 0) is 36.4 Å². The topological polar surface area (TPSA) is 90.5 Å². The van der Waals surface area contributed by atoms with Gasteiger partial charge in [-0.3, -0.25) is 4.79 Å². The molecule has 0 aliphatic rings. The largest absolute Gasteiger partial charge is 0.506 e. The number of anilines is 3. The third-order valence-electron chi connectivity index (χ3n) is 3.14. The highest BCUT2D eigenvalue weighted by Crippen LogP contribution is 2.27. The van der Waals surface area contributed by atoms with Crippen molar-refractivity contribution in [1.29, 1.82) is 0 Å². The van der Waals surface area contributed by atoms with E-state index in [0.717, 1.165) is 0 Å². The van der Waals surface area contributed by atoms with Crippen LogP contribution in [0.15, 0.2) is 42.5 Å². The van der Waals surface area contributed by atoms with Gasteiger partial charge in [0.05, 0.1) is 5.69 Å². The summed E-state index contributed by atoms with van der Waals surface area (Å²) in [6.07, 6.45) is 0. The number of hydrogen-bond donors (Lipinski definition) is 4. The van der Waals surface area contributed by atoms with E-state index in [0.29, 0.717) is 11.4 Å². The minimum Gasteiger partial charge on any atom is -0.506 e. The number of benzene rings is 2. The van der Waals surface area contributed by atoms with Crippen molar-refractivity contribution in [2.24, 2.45) is 5.92 Å². The molecule has 2 aromatic rings. The van der Waals surface area contributed by atoms with Gasteiger partial charge in [-0.1, -0.05) is 13.8 Å². The molecule has 0 aliphatic carbocycles. The van der Waals surface area contributed by atoms with Crippen molar-refractivity contribution in [1.82, 2.24) is 0 Å². The zero-order chi connectivity index (χ0) is 17.7. The number of phenolic OH excluding ortho intramolecular Hbond substituents is 1. The first kappa shape index (κ1) is 17.3. The maximum Gasteiger partial charge on any atom is 0.323 e. The molecule has 2 aromatic carbocycles. The standard InChI is InChI=1S/C17H18FN3O3/c1-10(2)16(23)19-13-7-8-14(15(22)9-13)21-17(24)20-12-5-3-11(18)4-6-12/h3-10,22H,1-2H3,(H,19,23)(H2,20,21,24). The van der Waals surface area contributed by atoms with Gasteiger partial charge >= 0.3 is 6.03 Å². The van der Waals surface area contributed by atoms with Crippen molar-refractivity contribution >= 4 is 29.0 Å². The molecule has 0 saturated heterocycles. The third-order valence-corrected chi connectivity index (χ3v) is 3.14. The summed E-state index contributed by atoms with van der Waals surface area (Å²) in [7, 11) is 0. The third kappa shape index (κ3) is 4.70.